The maximum absolute atomic E-state index is 11.9. The molecule has 0 saturated carbocycles. The minimum atomic E-state index is -0.747. The van der Waals surface area contributed by atoms with Gasteiger partial charge in [-0.1, -0.05) is 17.7 Å². The highest BCUT2D eigenvalue weighted by Crippen LogP contribution is 2.22. The van der Waals surface area contributed by atoms with E-state index < -0.39 is 23.4 Å². The highest BCUT2D eigenvalue weighted by Gasteiger charge is 2.16. The molecule has 0 aromatic heterocycles. The topological polar surface area (TPSA) is 98.5 Å². The zero-order valence-corrected chi connectivity index (χ0v) is 14.3. The summed E-state index contributed by atoms with van der Waals surface area (Å²) in [5.41, 5.74) is 1.73. The second-order valence-electron chi connectivity index (χ2n) is 5.37. The lowest BCUT2D eigenvalue weighted by Crippen LogP contribution is -2.21. The smallest absolute Gasteiger partial charge is 0.338 e. The SMILES string of the molecule is Cc1ccc(NC(=O)COC(=O)c2ccc([N+](=O)[O-])c(C)c2)c(Cl)c1. The molecular formula is C17H15ClN2O5. The Labute approximate surface area is 148 Å². The Morgan fingerprint density at radius 1 is 1.20 bits per heavy atom. The Balaban J connectivity index is 1.96. The average Bonchev–Trinajstić information content (AvgIpc) is 2.54. The van der Waals surface area contributed by atoms with Gasteiger partial charge in [-0.3, -0.25) is 14.9 Å². The number of rotatable bonds is 5. The van der Waals surface area contributed by atoms with E-state index in [-0.39, 0.29) is 11.3 Å². The molecular weight excluding hydrogens is 348 g/mol. The minimum Gasteiger partial charge on any atom is -0.452 e. The Morgan fingerprint density at radius 2 is 1.92 bits per heavy atom. The third kappa shape index (κ3) is 4.77. The van der Waals surface area contributed by atoms with Gasteiger partial charge in [0.1, 0.15) is 0 Å². The first-order valence-corrected chi connectivity index (χ1v) is 7.64. The zero-order valence-electron chi connectivity index (χ0n) is 13.5. The van der Waals surface area contributed by atoms with Crippen LogP contribution in [0.1, 0.15) is 21.5 Å². The second kappa shape index (κ2) is 7.76. The van der Waals surface area contributed by atoms with Gasteiger partial charge in [0.05, 0.1) is 21.2 Å². The number of carbonyl (C=O) groups excluding carboxylic acids is 2. The number of carbonyl (C=O) groups is 2. The molecule has 1 N–H and O–H groups in total. The molecule has 0 spiro atoms. The molecule has 0 bridgehead atoms. The summed E-state index contributed by atoms with van der Waals surface area (Å²) >= 11 is 6.01. The number of aryl methyl sites for hydroxylation is 2. The molecule has 0 atom stereocenters. The minimum absolute atomic E-state index is 0.0942. The van der Waals surface area contributed by atoms with E-state index in [1.54, 1.807) is 18.2 Å². The van der Waals surface area contributed by atoms with Crippen molar-refractivity contribution in [3.8, 4) is 0 Å². The quantitative estimate of drug-likeness (QED) is 0.497. The lowest BCUT2D eigenvalue weighted by Gasteiger charge is -2.09. The Hall–Kier alpha value is -2.93. The highest BCUT2D eigenvalue weighted by atomic mass is 35.5. The van der Waals surface area contributed by atoms with Gasteiger partial charge in [-0.25, -0.2) is 4.79 Å². The van der Waals surface area contributed by atoms with Crippen LogP contribution in [0.5, 0.6) is 0 Å². The zero-order chi connectivity index (χ0) is 18.6. The summed E-state index contributed by atoms with van der Waals surface area (Å²) in [7, 11) is 0. The van der Waals surface area contributed by atoms with Crippen LogP contribution in [0, 0.1) is 24.0 Å². The standard InChI is InChI=1S/C17H15ClN2O5/c1-10-3-5-14(13(18)7-10)19-16(21)9-25-17(22)12-4-6-15(20(23)24)11(2)8-12/h3-8H,9H2,1-2H3,(H,19,21). The molecule has 130 valence electrons. The van der Waals surface area contributed by atoms with Crippen LogP contribution >= 0.6 is 11.6 Å². The molecule has 0 unspecified atom stereocenters. The van der Waals surface area contributed by atoms with Crippen molar-refractivity contribution in [3.63, 3.8) is 0 Å². The van der Waals surface area contributed by atoms with E-state index in [4.69, 9.17) is 16.3 Å². The fourth-order valence-electron chi connectivity index (χ4n) is 2.11. The third-order valence-electron chi connectivity index (χ3n) is 3.36. The lowest BCUT2D eigenvalue weighted by molar-refractivity contribution is -0.385. The summed E-state index contributed by atoms with van der Waals surface area (Å²) in [6.07, 6.45) is 0. The van der Waals surface area contributed by atoms with Crippen molar-refractivity contribution in [3.05, 3.63) is 68.2 Å². The number of nitro benzene ring substituents is 1. The molecule has 0 aliphatic carbocycles. The average molecular weight is 363 g/mol. The fraction of sp³-hybridized carbons (Fsp3) is 0.176. The number of benzene rings is 2. The van der Waals surface area contributed by atoms with Gasteiger partial charge in [0.25, 0.3) is 11.6 Å². The van der Waals surface area contributed by atoms with Crippen LogP contribution in [-0.4, -0.2) is 23.4 Å². The van der Waals surface area contributed by atoms with Gasteiger partial charge < -0.3 is 10.1 Å². The van der Waals surface area contributed by atoms with Crippen molar-refractivity contribution in [2.45, 2.75) is 13.8 Å². The Bertz CT molecular complexity index is 851. The van der Waals surface area contributed by atoms with Crippen LogP contribution in [0.2, 0.25) is 5.02 Å². The summed E-state index contributed by atoms with van der Waals surface area (Å²) < 4.78 is 4.92. The number of hydrogen-bond donors (Lipinski definition) is 1. The monoisotopic (exact) mass is 362 g/mol. The number of nitrogens with zero attached hydrogens (tertiary/aromatic N) is 1. The predicted octanol–water partition coefficient (Wildman–Crippen LogP) is 3.66. The van der Waals surface area contributed by atoms with Crippen LogP contribution in [0.15, 0.2) is 36.4 Å². The first-order valence-electron chi connectivity index (χ1n) is 7.26. The number of ether oxygens (including phenoxy) is 1. The molecule has 7 nitrogen and oxygen atoms in total. The van der Waals surface area contributed by atoms with E-state index in [1.165, 1.54) is 25.1 Å². The molecule has 1 amide bonds. The number of amides is 1. The summed E-state index contributed by atoms with van der Waals surface area (Å²) in [6.45, 7) is 2.88. The molecule has 2 aromatic rings. The van der Waals surface area contributed by atoms with E-state index in [0.29, 0.717) is 16.3 Å². The summed E-state index contributed by atoms with van der Waals surface area (Å²) in [5.74, 6) is -1.29. The van der Waals surface area contributed by atoms with Crippen LogP contribution in [-0.2, 0) is 9.53 Å². The molecule has 2 rings (SSSR count). The highest BCUT2D eigenvalue weighted by molar-refractivity contribution is 6.33. The second-order valence-corrected chi connectivity index (χ2v) is 5.77. The molecule has 0 saturated heterocycles. The lowest BCUT2D eigenvalue weighted by atomic mass is 10.1. The van der Waals surface area contributed by atoms with E-state index in [0.717, 1.165) is 5.56 Å². The van der Waals surface area contributed by atoms with E-state index in [9.17, 15) is 19.7 Å². The number of anilines is 1. The van der Waals surface area contributed by atoms with Gasteiger partial charge in [-0.05, 0) is 43.7 Å². The summed E-state index contributed by atoms with van der Waals surface area (Å²) in [4.78, 5) is 34.0. The maximum atomic E-state index is 11.9. The number of nitro groups is 1. The molecule has 2 aromatic carbocycles. The molecule has 8 heteroatoms. The van der Waals surface area contributed by atoms with Crippen molar-refractivity contribution >= 4 is 34.9 Å². The van der Waals surface area contributed by atoms with E-state index >= 15 is 0 Å². The van der Waals surface area contributed by atoms with Gasteiger partial charge in [-0.15, -0.1) is 0 Å². The Kier molecular flexibility index (Phi) is 5.71. The van der Waals surface area contributed by atoms with Crippen LogP contribution < -0.4 is 5.32 Å². The number of esters is 1. The Morgan fingerprint density at radius 3 is 2.52 bits per heavy atom. The molecule has 0 fully saturated rings. The first-order chi connectivity index (χ1) is 11.8. The van der Waals surface area contributed by atoms with Gasteiger partial charge in [-0.2, -0.15) is 0 Å². The van der Waals surface area contributed by atoms with Crippen molar-refractivity contribution in [2.24, 2.45) is 0 Å². The van der Waals surface area contributed by atoms with Gasteiger partial charge in [0.15, 0.2) is 6.61 Å². The normalized spacial score (nSPS) is 10.2. The number of halogens is 1. The van der Waals surface area contributed by atoms with Gasteiger partial charge in [0, 0.05) is 11.6 Å². The van der Waals surface area contributed by atoms with Crippen molar-refractivity contribution < 1.29 is 19.2 Å². The van der Waals surface area contributed by atoms with E-state index in [2.05, 4.69) is 5.32 Å². The molecule has 0 aliphatic heterocycles. The first kappa shape index (κ1) is 18.4. The fourth-order valence-corrected chi connectivity index (χ4v) is 2.39. The summed E-state index contributed by atoms with van der Waals surface area (Å²) in [5, 5.41) is 13.7. The summed E-state index contributed by atoms with van der Waals surface area (Å²) in [6, 6.07) is 8.97. The molecule has 0 radical (unpaired) electrons. The van der Waals surface area contributed by atoms with Crippen LogP contribution in [0.3, 0.4) is 0 Å². The van der Waals surface area contributed by atoms with E-state index in [1.807, 2.05) is 6.92 Å². The van der Waals surface area contributed by atoms with Crippen LogP contribution in [0.4, 0.5) is 11.4 Å². The van der Waals surface area contributed by atoms with Gasteiger partial charge in [0.2, 0.25) is 0 Å². The third-order valence-corrected chi connectivity index (χ3v) is 3.67. The molecule has 0 heterocycles. The molecule has 25 heavy (non-hydrogen) atoms. The number of hydrogen-bond acceptors (Lipinski definition) is 5. The van der Waals surface area contributed by atoms with Crippen molar-refractivity contribution in [1.82, 2.24) is 0 Å². The van der Waals surface area contributed by atoms with Crippen molar-refractivity contribution in [2.75, 3.05) is 11.9 Å². The van der Waals surface area contributed by atoms with Crippen molar-refractivity contribution in [1.29, 1.82) is 0 Å². The molecule has 0 aliphatic rings. The predicted molar refractivity (Wildman–Crippen MR) is 92.9 cm³/mol. The maximum Gasteiger partial charge on any atom is 0.338 e. The van der Waals surface area contributed by atoms with Crippen LogP contribution in [0.25, 0.3) is 0 Å². The largest absolute Gasteiger partial charge is 0.452 e. The van der Waals surface area contributed by atoms with Gasteiger partial charge >= 0.3 is 5.97 Å². The number of nitrogens with one attached hydrogen (secondary N) is 1.